The molecule has 20 heavy (non-hydrogen) atoms. The van der Waals surface area contributed by atoms with Gasteiger partial charge in [-0.1, -0.05) is 0 Å². The molecule has 0 spiro atoms. The van der Waals surface area contributed by atoms with E-state index in [4.69, 9.17) is 4.74 Å². The van der Waals surface area contributed by atoms with Crippen molar-refractivity contribution in [3.05, 3.63) is 16.4 Å². The van der Waals surface area contributed by atoms with E-state index >= 15 is 0 Å². The van der Waals surface area contributed by atoms with Crippen LogP contribution in [-0.2, 0) is 11.8 Å². The second-order valence-electron chi connectivity index (χ2n) is 6.26. The van der Waals surface area contributed by atoms with E-state index in [2.05, 4.69) is 27.1 Å². The van der Waals surface area contributed by atoms with Crippen molar-refractivity contribution in [1.82, 2.24) is 14.7 Å². The molecule has 1 saturated heterocycles. The quantitative estimate of drug-likeness (QED) is 0.785. The SMILES string of the molecule is Cn1nc(C2CCN(C(=O)OC(C)(C)C)CC2)cc1Br. The molecule has 1 amide bonds. The van der Waals surface area contributed by atoms with Crippen LogP contribution >= 0.6 is 15.9 Å². The predicted octanol–water partition coefficient (Wildman–Crippen LogP) is 3.30. The van der Waals surface area contributed by atoms with Crippen molar-refractivity contribution < 1.29 is 9.53 Å². The van der Waals surface area contributed by atoms with E-state index in [-0.39, 0.29) is 6.09 Å². The molecule has 112 valence electrons. The number of hydrogen-bond acceptors (Lipinski definition) is 3. The van der Waals surface area contributed by atoms with Gasteiger partial charge in [0, 0.05) is 26.1 Å². The Morgan fingerprint density at radius 3 is 2.45 bits per heavy atom. The molecule has 2 heterocycles. The van der Waals surface area contributed by atoms with Crippen molar-refractivity contribution in [2.75, 3.05) is 13.1 Å². The van der Waals surface area contributed by atoms with E-state index in [1.165, 1.54) is 0 Å². The van der Waals surface area contributed by atoms with Crippen molar-refractivity contribution in [1.29, 1.82) is 0 Å². The standard InChI is InChI=1S/C14H22BrN3O2/c1-14(2,3)20-13(19)18-7-5-10(6-8-18)11-9-12(15)17(4)16-11/h9-10H,5-8H2,1-4H3. The molecule has 1 aliphatic heterocycles. The highest BCUT2D eigenvalue weighted by Crippen LogP contribution is 2.29. The molecule has 5 nitrogen and oxygen atoms in total. The summed E-state index contributed by atoms with van der Waals surface area (Å²) in [7, 11) is 1.92. The van der Waals surface area contributed by atoms with Gasteiger partial charge in [-0.25, -0.2) is 4.79 Å². The number of nitrogens with zero attached hydrogens (tertiary/aromatic N) is 3. The largest absolute Gasteiger partial charge is 0.444 e. The first-order chi connectivity index (χ1) is 9.26. The van der Waals surface area contributed by atoms with Gasteiger partial charge in [-0.3, -0.25) is 4.68 Å². The van der Waals surface area contributed by atoms with E-state index in [1.807, 2.05) is 32.5 Å². The van der Waals surface area contributed by atoms with Gasteiger partial charge in [0.1, 0.15) is 10.2 Å². The van der Waals surface area contributed by atoms with Gasteiger partial charge in [-0.2, -0.15) is 5.10 Å². The van der Waals surface area contributed by atoms with Crippen LogP contribution in [0.5, 0.6) is 0 Å². The minimum Gasteiger partial charge on any atom is -0.444 e. The molecule has 0 bridgehead atoms. The van der Waals surface area contributed by atoms with Gasteiger partial charge < -0.3 is 9.64 Å². The molecule has 1 fully saturated rings. The van der Waals surface area contributed by atoms with Gasteiger partial charge in [0.15, 0.2) is 0 Å². The van der Waals surface area contributed by atoms with E-state index in [0.29, 0.717) is 5.92 Å². The zero-order valence-corrected chi connectivity index (χ0v) is 14.1. The van der Waals surface area contributed by atoms with Crippen LogP contribution in [0.25, 0.3) is 0 Å². The Labute approximate surface area is 128 Å². The van der Waals surface area contributed by atoms with Crippen LogP contribution in [-0.4, -0.2) is 39.5 Å². The fourth-order valence-electron chi connectivity index (χ4n) is 2.35. The van der Waals surface area contributed by atoms with E-state index < -0.39 is 5.60 Å². The van der Waals surface area contributed by atoms with Crippen molar-refractivity contribution in [3.8, 4) is 0 Å². The molecule has 0 N–H and O–H groups in total. The number of likely N-dealkylation sites (tertiary alicyclic amines) is 1. The summed E-state index contributed by atoms with van der Waals surface area (Å²) in [5.41, 5.74) is 0.669. The highest BCUT2D eigenvalue weighted by Gasteiger charge is 2.28. The summed E-state index contributed by atoms with van der Waals surface area (Å²) in [6, 6.07) is 2.06. The third kappa shape index (κ3) is 3.75. The summed E-state index contributed by atoms with van der Waals surface area (Å²) < 4.78 is 8.22. The van der Waals surface area contributed by atoms with Crippen LogP contribution in [0.4, 0.5) is 4.79 Å². The lowest BCUT2D eigenvalue weighted by molar-refractivity contribution is 0.0204. The molecule has 0 atom stereocenters. The van der Waals surface area contributed by atoms with Crippen molar-refractivity contribution in [3.63, 3.8) is 0 Å². The van der Waals surface area contributed by atoms with Gasteiger partial charge >= 0.3 is 6.09 Å². The number of aromatic nitrogens is 2. The Bertz CT molecular complexity index is 466. The predicted molar refractivity (Wildman–Crippen MR) is 80.7 cm³/mol. The first kappa shape index (κ1) is 15.4. The number of aryl methyl sites for hydroxylation is 1. The van der Waals surface area contributed by atoms with Crippen LogP contribution in [0.2, 0.25) is 0 Å². The summed E-state index contributed by atoms with van der Waals surface area (Å²) in [6.45, 7) is 7.14. The fourth-order valence-corrected chi connectivity index (χ4v) is 2.66. The minimum atomic E-state index is -0.431. The Kier molecular flexibility index (Phi) is 4.42. The lowest BCUT2D eigenvalue weighted by Crippen LogP contribution is -2.41. The van der Waals surface area contributed by atoms with Crippen LogP contribution in [0.1, 0.15) is 45.2 Å². The smallest absolute Gasteiger partial charge is 0.410 e. The van der Waals surface area contributed by atoms with Gasteiger partial charge in [-0.15, -0.1) is 0 Å². The molecule has 0 aromatic carbocycles. The topological polar surface area (TPSA) is 47.4 Å². The average molecular weight is 344 g/mol. The minimum absolute atomic E-state index is 0.210. The van der Waals surface area contributed by atoms with Crippen LogP contribution < -0.4 is 0 Å². The van der Waals surface area contributed by atoms with Crippen LogP contribution in [0.3, 0.4) is 0 Å². The lowest BCUT2D eigenvalue weighted by atomic mass is 9.94. The first-order valence-electron chi connectivity index (χ1n) is 6.93. The monoisotopic (exact) mass is 343 g/mol. The number of rotatable bonds is 1. The van der Waals surface area contributed by atoms with Gasteiger partial charge in [0.25, 0.3) is 0 Å². The lowest BCUT2D eigenvalue weighted by Gasteiger charge is -2.32. The first-order valence-corrected chi connectivity index (χ1v) is 7.73. The highest BCUT2D eigenvalue weighted by atomic mass is 79.9. The number of piperidine rings is 1. The van der Waals surface area contributed by atoms with Crippen molar-refractivity contribution in [2.24, 2.45) is 7.05 Å². The number of carbonyl (C=O) groups excluding carboxylic acids is 1. The van der Waals surface area contributed by atoms with Crippen LogP contribution in [0.15, 0.2) is 10.7 Å². The molecule has 1 aromatic rings. The molecule has 1 aromatic heterocycles. The summed E-state index contributed by atoms with van der Waals surface area (Å²) in [5, 5.41) is 4.50. The van der Waals surface area contributed by atoms with Gasteiger partial charge in [-0.05, 0) is 55.6 Å². The van der Waals surface area contributed by atoms with E-state index in [0.717, 1.165) is 36.2 Å². The molecule has 0 saturated carbocycles. The van der Waals surface area contributed by atoms with E-state index in [1.54, 1.807) is 4.90 Å². The molecular formula is C14H22BrN3O2. The summed E-state index contributed by atoms with van der Waals surface area (Å²) in [4.78, 5) is 13.8. The average Bonchev–Trinajstić information content (AvgIpc) is 2.68. The number of carbonyl (C=O) groups is 1. The number of halogens is 1. The fraction of sp³-hybridized carbons (Fsp3) is 0.714. The van der Waals surface area contributed by atoms with Gasteiger partial charge in [0.2, 0.25) is 0 Å². The number of ether oxygens (including phenoxy) is 1. The Morgan fingerprint density at radius 2 is 2.00 bits per heavy atom. The maximum atomic E-state index is 12.0. The van der Waals surface area contributed by atoms with Gasteiger partial charge in [0.05, 0.1) is 5.69 Å². The van der Waals surface area contributed by atoms with E-state index in [9.17, 15) is 4.79 Å². The highest BCUT2D eigenvalue weighted by molar-refractivity contribution is 9.10. The second kappa shape index (κ2) is 5.76. The maximum Gasteiger partial charge on any atom is 0.410 e. The third-order valence-corrected chi connectivity index (χ3v) is 4.15. The number of hydrogen-bond donors (Lipinski definition) is 0. The van der Waals surface area contributed by atoms with Crippen molar-refractivity contribution in [2.45, 2.75) is 45.1 Å². The maximum absolute atomic E-state index is 12.0. The summed E-state index contributed by atoms with van der Waals surface area (Å²) >= 11 is 3.47. The molecule has 0 aliphatic carbocycles. The van der Waals surface area contributed by atoms with Crippen molar-refractivity contribution >= 4 is 22.0 Å². The Balaban J connectivity index is 1.91. The normalized spacial score (nSPS) is 17.4. The third-order valence-electron chi connectivity index (χ3n) is 3.41. The molecular weight excluding hydrogens is 322 g/mol. The summed E-state index contributed by atoms with van der Waals surface area (Å²) in [6.07, 6.45) is 1.66. The molecule has 1 aliphatic rings. The second-order valence-corrected chi connectivity index (χ2v) is 7.07. The molecule has 2 rings (SSSR count). The molecule has 6 heteroatoms. The molecule has 0 unspecified atom stereocenters. The van der Waals surface area contributed by atoms with Crippen LogP contribution in [0, 0.1) is 0 Å². The molecule has 0 radical (unpaired) electrons. The zero-order valence-electron chi connectivity index (χ0n) is 12.5. The number of amides is 1. The Hall–Kier alpha value is -1.04. The summed E-state index contributed by atoms with van der Waals surface area (Å²) in [5.74, 6) is 0.422. The Morgan fingerprint density at radius 1 is 1.40 bits per heavy atom. The zero-order chi connectivity index (χ0) is 14.9.